The van der Waals surface area contributed by atoms with Gasteiger partial charge in [-0.3, -0.25) is 9.59 Å². The molecule has 0 radical (unpaired) electrons. The van der Waals surface area contributed by atoms with Gasteiger partial charge in [0.05, 0.1) is 0 Å². The largest absolute Gasteiger partial charge is 0.326 e. The maximum Gasteiger partial charge on any atom is 0.227 e. The number of hydrogen-bond donors (Lipinski definition) is 2. The lowest BCUT2D eigenvalue weighted by Gasteiger charge is -2.11. The van der Waals surface area contributed by atoms with Crippen LogP contribution in [0.3, 0.4) is 0 Å². The first kappa shape index (κ1) is 15.5. The summed E-state index contributed by atoms with van der Waals surface area (Å²) in [5, 5.41) is 5.84. The molecule has 0 spiro atoms. The van der Waals surface area contributed by atoms with E-state index in [1.54, 1.807) is 0 Å². The number of rotatable bonds is 7. The summed E-state index contributed by atoms with van der Waals surface area (Å²) < 4.78 is 0. The Labute approximate surface area is 126 Å². The molecule has 4 heteroatoms. The van der Waals surface area contributed by atoms with Crippen LogP contribution in [-0.4, -0.2) is 11.8 Å². The molecule has 2 amide bonds. The Balaban J connectivity index is 1.93. The van der Waals surface area contributed by atoms with Crippen molar-refractivity contribution in [1.82, 2.24) is 0 Å². The van der Waals surface area contributed by atoms with Gasteiger partial charge in [0.15, 0.2) is 0 Å². The van der Waals surface area contributed by atoms with Crippen LogP contribution in [0.15, 0.2) is 18.2 Å². The maximum atomic E-state index is 11.8. The number of benzene rings is 1. The predicted molar refractivity (Wildman–Crippen MR) is 85.3 cm³/mol. The van der Waals surface area contributed by atoms with Gasteiger partial charge in [-0.1, -0.05) is 25.8 Å². The van der Waals surface area contributed by atoms with Crippen molar-refractivity contribution >= 4 is 23.2 Å². The molecule has 2 rings (SSSR count). The lowest BCUT2D eigenvalue weighted by Crippen LogP contribution is -2.15. The first-order valence-electron chi connectivity index (χ1n) is 7.81. The fourth-order valence-electron chi connectivity index (χ4n) is 2.17. The Hall–Kier alpha value is -1.84. The first-order chi connectivity index (χ1) is 10.1. The van der Waals surface area contributed by atoms with E-state index < -0.39 is 0 Å². The molecule has 1 aliphatic rings. The fraction of sp³-hybridized carbons (Fsp3) is 0.529. The van der Waals surface area contributed by atoms with E-state index in [4.69, 9.17) is 0 Å². The van der Waals surface area contributed by atoms with Crippen LogP contribution in [0.2, 0.25) is 0 Å². The third-order valence-corrected chi connectivity index (χ3v) is 3.73. The van der Waals surface area contributed by atoms with E-state index in [1.807, 2.05) is 25.1 Å². The molecule has 2 N–H and O–H groups in total. The third-order valence-electron chi connectivity index (χ3n) is 3.73. The summed E-state index contributed by atoms with van der Waals surface area (Å²) in [5.41, 5.74) is 2.54. The van der Waals surface area contributed by atoms with E-state index in [9.17, 15) is 9.59 Å². The van der Waals surface area contributed by atoms with Crippen LogP contribution in [0.1, 0.15) is 51.0 Å². The van der Waals surface area contributed by atoms with E-state index in [2.05, 4.69) is 17.6 Å². The summed E-state index contributed by atoms with van der Waals surface area (Å²) in [6.07, 6.45) is 5.61. The third kappa shape index (κ3) is 4.88. The van der Waals surface area contributed by atoms with Gasteiger partial charge in [0.25, 0.3) is 0 Å². The smallest absolute Gasteiger partial charge is 0.227 e. The number of carbonyl (C=O) groups is 2. The normalized spacial score (nSPS) is 13.8. The second-order valence-corrected chi connectivity index (χ2v) is 5.80. The average Bonchev–Trinajstić information content (AvgIpc) is 3.27. The number of hydrogen-bond acceptors (Lipinski definition) is 2. The van der Waals surface area contributed by atoms with E-state index in [-0.39, 0.29) is 17.7 Å². The van der Waals surface area contributed by atoms with Crippen LogP contribution in [0.4, 0.5) is 11.4 Å². The Morgan fingerprint density at radius 2 is 1.95 bits per heavy atom. The van der Waals surface area contributed by atoms with Crippen molar-refractivity contribution in [3.8, 4) is 0 Å². The number of unbranched alkanes of at least 4 members (excludes halogenated alkanes) is 2. The van der Waals surface area contributed by atoms with Crippen LogP contribution >= 0.6 is 0 Å². The minimum atomic E-state index is 0.0340. The number of amides is 2. The fourth-order valence-corrected chi connectivity index (χ4v) is 2.17. The summed E-state index contributed by atoms with van der Waals surface area (Å²) in [6, 6.07) is 5.64. The molecular formula is C17H24N2O2. The molecule has 0 aliphatic heterocycles. The number of aryl methyl sites for hydroxylation is 1. The zero-order chi connectivity index (χ0) is 15.2. The van der Waals surface area contributed by atoms with Gasteiger partial charge >= 0.3 is 0 Å². The van der Waals surface area contributed by atoms with Gasteiger partial charge in [-0.2, -0.15) is 0 Å². The molecule has 21 heavy (non-hydrogen) atoms. The highest BCUT2D eigenvalue weighted by Crippen LogP contribution is 2.31. The van der Waals surface area contributed by atoms with E-state index in [0.29, 0.717) is 6.42 Å². The highest BCUT2D eigenvalue weighted by atomic mass is 16.2. The molecule has 0 aromatic heterocycles. The van der Waals surface area contributed by atoms with Gasteiger partial charge in [0, 0.05) is 23.7 Å². The maximum absolute atomic E-state index is 11.8. The summed E-state index contributed by atoms with van der Waals surface area (Å²) in [7, 11) is 0. The van der Waals surface area contributed by atoms with Crippen molar-refractivity contribution in [2.75, 3.05) is 10.6 Å². The molecule has 0 atom stereocenters. The molecule has 1 saturated carbocycles. The molecule has 0 unspecified atom stereocenters. The minimum Gasteiger partial charge on any atom is -0.326 e. The van der Waals surface area contributed by atoms with Crippen molar-refractivity contribution in [2.45, 2.75) is 52.4 Å². The molecular weight excluding hydrogens is 264 g/mol. The molecule has 0 bridgehead atoms. The van der Waals surface area contributed by atoms with Gasteiger partial charge < -0.3 is 10.6 Å². The highest BCUT2D eigenvalue weighted by molar-refractivity contribution is 5.96. The van der Waals surface area contributed by atoms with E-state index in [0.717, 1.165) is 49.0 Å². The lowest BCUT2D eigenvalue weighted by atomic mass is 10.1. The SMILES string of the molecule is CCCCCC(=O)Nc1ccc(C)c(NC(=O)C2CC2)c1. The standard InChI is InChI=1S/C17H24N2O2/c1-3-4-5-6-16(20)18-14-10-7-12(2)15(11-14)19-17(21)13-8-9-13/h7,10-11,13H,3-6,8-9H2,1-2H3,(H,18,20)(H,19,21). The first-order valence-corrected chi connectivity index (χ1v) is 7.81. The quantitative estimate of drug-likeness (QED) is 0.748. The number of carbonyl (C=O) groups excluding carboxylic acids is 2. The van der Waals surface area contributed by atoms with Crippen LogP contribution in [0.25, 0.3) is 0 Å². The monoisotopic (exact) mass is 288 g/mol. The topological polar surface area (TPSA) is 58.2 Å². The number of anilines is 2. The average molecular weight is 288 g/mol. The minimum absolute atomic E-state index is 0.0340. The van der Waals surface area contributed by atoms with Crippen LogP contribution < -0.4 is 10.6 Å². The van der Waals surface area contributed by atoms with Crippen molar-refractivity contribution in [2.24, 2.45) is 5.92 Å². The van der Waals surface area contributed by atoms with E-state index in [1.165, 1.54) is 0 Å². The summed E-state index contributed by atoms with van der Waals surface area (Å²) in [5.74, 6) is 0.299. The summed E-state index contributed by atoms with van der Waals surface area (Å²) in [6.45, 7) is 4.07. The zero-order valence-electron chi connectivity index (χ0n) is 12.9. The molecule has 1 aromatic rings. The Kier molecular flexibility index (Phi) is 5.37. The van der Waals surface area contributed by atoms with E-state index >= 15 is 0 Å². The summed E-state index contributed by atoms with van der Waals surface area (Å²) in [4.78, 5) is 23.7. The van der Waals surface area contributed by atoms with Gasteiger partial charge in [-0.15, -0.1) is 0 Å². The van der Waals surface area contributed by atoms with Crippen LogP contribution in [0, 0.1) is 12.8 Å². The Morgan fingerprint density at radius 3 is 2.62 bits per heavy atom. The van der Waals surface area contributed by atoms with Gasteiger partial charge in [0.1, 0.15) is 0 Å². The summed E-state index contributed by atoms with van der Waals surface area (Å²) >= 11 is 0. The molecule has 1 aliphatic carbocycles. The molecule has 1 aromatic carbocycles. The van der Waals surface area contributed by atoms with Crippen molar-refractivity contribution in [3.63, 3.8) is 0 Å². The second kappa shape index (κ2) is 7.25. The Morgan fingerprint density at radius 1 is 1.19 bits per heavy atom. The zero-order valence-corrected chi connectivity index (χ0v) is 12.9. The highest BCUT2D eigenvalue weighted by Gasteiger charge is 2.29. The molecule has 4 nitrogen and oxygen atoms in total. The Bertz CT molecular complexity index is 522. The van der Waals surface area contributed by atoms with Crippen molar-refractivity contribution in [3.05, 3.63) is 23.8 Å². The van der Waals surface area contributed by atoms with Gasteiger partial charge in [-0.05, 0) is 43.9 Å². The number of nitrogens with one attached hydrogen (secondary N) is 2. The molecule has 1 fully saturated rings. The molecule has 114 valence electrons. The van der Waals surface area contributed by atoms with Gasteiger partial charge in [-0.25, -0.2) is 0 Å². The van der Waals surface area contributed by atoms with Crippen LogP contribution in [0.5, 0.6) is 0 Å². The van der Waals surface area contributed by atoms with Crippen molar-refractivity contribution in [1.29, 1.82) is 0 Å². The second-order valence-electron chi connectivity index (χ2n) is 5.80. The predicted octanol–water partition coefficient (Wildman–Crippen LogP) is 3.86. The van der Waals surface area contributed by atoms with Crippen molar-refractivity contribution < 1.29 is 9.59 Å². The lowest BCUT2D eigenvalue weighted by molar-refractivity contribution is -0.117. The van der Waals surface area contributed by atoms with Gasteiger partial charge in [0.2, 0.25) is 11.8 Å². The van der Waals surface area contributed by atoms with Crippen LogP contribution in [-0.2, 0) is 9.59 Å². The molecule has 0 saturated heterocycles. The molecule has 0 heterocycles.